The molecule has 2 amide bonds. The molecule has 0 spiro atoms. The van der Waals surface area contributed by atoms with Gasteiger partial charge >= 0.3 is 0 Å². The molecule has 152 valence electrons. The second kappa shape index (κ2) is 7.24. The summed E-state index contributed by atoms with van der Waals surface area (Å²) in [6.45, 7) is 5.26. The van der Waals surface area contributed by atoms with Gasteiger partial charge in [-0.2, -0.15) is 0 Å². The van der Waals surface area contributed by atoms with Gasteiger partial charge in [0.15, 0.2) is 0 Å². The standard InChI is InChI=1S/C22H35ClN2O2/c1-21(2,14-23)20(27)25-5-3-18(4-6-25)24-19(26)13-22-10-15-7-16(11-22)9-17(8-15)12-22/h15-18H,3-14H2,1-2H3,(H,24,26). The van der Waals surface area contributed by atoms with Crippen molar-refractivity contribution in [2.45, 2.75) is 77.7 Å². The topological polar surface area (TPSA) is 49.4 Å². The van der Waals surface area contributed by atoms with E-state index >= 15 is 0 Å². The molecule has 5 aliphatic rings. The van der Waals surface area contributed by atoms with Gasteiger partial charge in [-0.25, -0.2) is 0 Å². The van der Waals surface area contributed by atoms with Crippen molar-refractivity contribution in [2.24, 2.45) is 28.6 Å². The normalized spacial score (nSPS) is 36.1. The summed E-state index contributed by atoms with van der Waals surface area (Å²) in [7, 11) is 0. The van der Waals surface area contributed by atoms with Crippen molar-refractivity contribution >= 4 is 23.4 Å². The smallest absolute Gasteiger partial charge is 0.229 e. The first-order chi connectivity index (χ1) is 12.8. The van der Waals surface area contributed by atoms with E-state index in [2.05, 4.69) is 5.32 Å². The van der Waals surface area contributed by atoms with Crippen LogP contribution in [0.15, 0.2) is 0 Å². The quantitative estimate of drug-likeness (QED) is 0.717. The third-order valence-electron chi connectivity index (χ3n) is 7.76. The largest absolute Gasteiger partial charge is 0.353 e. The molecule has 1 N–H and O–H groups in total. The Morgan fingerprint density at radius 3 is 2.04 bits per heavy atom. The van der Waals surface area contributed by atoms with Crippen LogP contribution in [0.3, 0.4) is 0 Å². The van der Waals surface area contributed by atoms with Crippen LogP contribution < -0.4 is 5.32 Å². The number of carbonyl (C=O) groups is 2. The highest BCUT2D eigenvalue weighted by Crippen LogP contribution is 2.61. The molecule has 0 radical (unpaired) electrons. The minimum absolute atomic E-state index is 0.135. The summed E-state index contributed by atoms with van der Waals surface area (Å²) in [4.78, 5) is 27.3. The van der Waals surface area contributed by atoms with Crippen LogP contribution in [0.4, 0.5) is 0 Å². The van der Waals surface area contributed by atoms with E-state index in [0.29, 0.717) is 11.3 Å². The zero-order chi connectivity index (χ0) is 19.2. The van der Waals surface area contributed by atoms with Crippen molar-refractivity contribution in [2.75, 3.05) is 19.0 Å². The lowest BCUT2D eigenvalue weighted by Crippen LogP contribution is -2.52. The molecule has 5 rings (SSSR count). The number of rotatable bonds is 5. The summed E-state index contributed by atoms with van der Waals surface area (Å²) in [6.07, 6.45) is 10.6. The van der Waals surface area contributed by atoms with E-state index in [1.54, 1.807) is 0 Å². The monoisotopic (exact) mass is 394 g/mol. The molecule has 4 saturated carbocycles. The van der Waals surface area contributed by atoms with Gasteiger partial charge < -0.3 is 10.2 Å². The van der Waals surface area contributed by atoms with E-state index in [1.165, 1.54) is 38.5 Å². The summed E-state index contributed by atoms with van der Waals surface area (Å²) in [5.41, 5.74) is -0.198. The second-order valence-electron chi connectivity index (χ2n) is 10.7. The van der Waals surface area contributed by atoms with E-state index in [0.717, 1.165) is 50.1 Å². The van der Waals surface area contributed by atoms with Gasteiger partial charge in [0.25, 0.3) is 0 Å². The Hall–Kier alpha value is -0.770. The van der Waals surface area contributed by atoms with Crippen molar-refractivity contribution in [3.63, 3.8) is 0 Å². The lowest BCUT2D eigenvalue weighted by Gasteiger charge is -2.56. The van der Waals surface area contributed by atoms with Gasteiger partial charge in [-0.05, 0) is 88.4 Å². The van der Waals surface area contributed by atoms with Crippen molar-refractivity contribution in [1.29, 1.82) is 0 Å². The summed E-state index contributed by atoms with van der Waals surface area (Å²) in [5.74, 6) is 3.41. The Labute approximate surface area is 168 Å². The average Bonchev–Trinajstić information content (AvgIpc) is 2.60. The van der Waals surface area contributed by atoms with Crippen molar-refractivity contribution in [1.82, 2.24) is 10.2 Å². The Morgan fingerprint density at radius 2 is 1.56 bits per heavy atom. The zero-order valence-corrected chi connectivity index (χ0v) is 17.7. The first-order valence-corrected chi connectivity index (χ1v) is 11.5. The first-order valence-electron chi connectivity index (χ1n) is 10.9. The van der Waals surface area contributed by atoms with Crippen LogP contribution >= 0.6 is 11.6 Å². The molecule has 1 heterocycles. The van der Waals surface area contributed by atoms with Crippen LogP contribution in [0, 0.1) is 28.6 Å². The van der Waals surface area contributed by atoms with Gasteiger partial charge in [0.2, 0.25) is 11.8 Å². The van der Waals surface area contributed by atoms with Crippen molar-refractivity contribution in [3.05, 3.63) is 0 Å². The molecular weight excluding hydrogens is 360 g/mol. The predicted octanol–water partition coefficient (Wildman–Crippen LogP) is 3.97. The fourth-order valence-electron chi connectivity index (χ4n) is 6.84. The van der Waals surface area contributed by atoms with E-state index in [4.69, 9.17) is 11.6 Å². The fourth-order valence-corrected chi connectivity index (χ4v) is 6.95. The Balaban J connectivity index is 1.26. The number of hydrogen-bond donors (Lipinski definition) is 1. The molecule has 4 bridgehead atoms. The maximum absolute atomic E-state index is 12.8. The maximum Gasteiger partial charge on any atom is 0.229 e. The second-order valence-corrected chi connectivity index (χ2v) is 11.0. The van der Waals surface area contributed by atoms with Gasteiger partial charge in [0.05, 0.1) is 5.41 Å². The first kappa shape index (κ1) is 19.5. The number of nitrogens with one attached hydrogen (secondary N) is 1. The summed E-state index contributed by atoms with van der Waals surface area (Å²) >= 11 is 5.95. The number of amides is 2. The highest BCUT2D eigenvalue weighted by atomic mass is 35.5. The zero-order valence-electron chi connectivity index (χ0n) is 16.9. The Morgan fingerprint density at radius 1 is 1.04 bits per heavy atom. The molecule has 5 heteroatoms. The van der Waals surface area contributed by atoms with E-state index in [1.807, 2.05) is 18.7 Å². The molecular formula is C22H35ClN2O2. The molecule has 0 aromatic rings. The van der Waals surface area contributed by atoms with Crippen LogP contribution in [0.25, 0.3) is 0 Å². The molecule has 5 fully saturated rings. The Kier molecular flexibility index (Phi) is 5.24. The highest BCUT2D eigenvalue weighted by molar-refractivity contribution is 6.19. The van der Waals surface area contributed by atoms with Gasteiger partial charge in [0.1, 0.15) is 0 Å². The van der Waals surface area contributed by atoms with Crippen LogP contribution in [0.5, 0.6) is 0 Å². The van der Waals surface area contributed by atoms with E-state index < -0.39 is 5.41 Å². The van der Waals surface area contributed by atoms with Crippen molar-refractivity contribution in [3.8, 4) is 0 Å². The van der Waals surface area contributed by atoms with E-state index in [-0.39, 0.29) is 17.9 Å². The lowest BCUT2D eigenvalue weighted by atomic mass is 9.49. The molecule has 0 aromatic heterocycles. The van der Waals surface area contributed by atoms with Gasteiger partial charge in [0, 0.05) is 31.4 Å². The summed E-state index contributed by atoms with van der Waals surface area (Å²) < 4.78 is 0. The SMILES string of the molecule is CC(C)(CCl)C(=O)N1CCC(NC(=O)CC23CC4CC(CC(C4)C2)C3)CC1. The summed E-state index contributed by atoms with van der Waals surface area (Å²) in [5, 5.41) is 3.30. The van der Waals surface area contributed by atoms with Gasteiger partial charge in [-0.1, -0.05) is 0 Å². The van der Waals surface area contributed by atoms with E-state index in [9.17, 15) is 9.59 Å². The Bertz CT molecular complexity index is 560. The minimum Gasteiger partial charge on any atom is -0.353 e. The molecule has 27 heavy (non-hydrogen) atoms. The molecule has 4 aliphatic carbocycles. The fraction of sp³-hybridized carbons (Fsp3) is 0.909. The number of likely N-dealkylation sites (tertiary alicyclic amines) is 1. The number of piperidine rings is 1. The van der Waals surface area contributed by atoms with Crippen LogP contribution in [0.2, 0.25) is 0 Å². The average molecular weight is 395 g/mol. The van der Waals surface area contributed by atoms with Crippen LogP contribution in [-0.2, 0) is 9.59 Å². The van der Waals surface area contributed by atoms with Gasteiger partial charge in [-0.15, -0.1) is 11.6 Å². The number of alkyl halides is 1. The lowest BCUT2D eigenvalue weighted by molar-refractivity contribution is -0.140. The highest BCUT2D eigenvalue weighted by Gasteiger charge is 2.51. The number of carbonyl (C=O) groups excluding carboxylic acids is 2. The van der Waals surface area contributed by atoms with Crippen LogP contribution in [-0.4, -0.2) is 41.7 Å². The van der Waals surface area contributed by atoms with Crippen molar-refractivity contribution < 1.29 is 9.59 Å². The maximum atomic E-state index is 12.8. The molecule has 0 unspecified atom stereocenters. The molecule has 0 aromatic carbocycles. The number of halogens is 1. The third-order valence-corrected chi connectivity index (χ3v) is 8.43. The number of nitrogens with zero attached hydrogens (tertiary/aromatic N) is 1. The molecule has 1 aliphatic heterocycles. The number of hydrogen-bond acceptors (Lipinski definition) is 2. The minimum atomic E-state index is -0.504. The van der Waals surface area contributed by atoms with Crippen LogP contribution in [0.1, 0.15) is 71.6 Å². The molecule has 4 nitrogen and oxygen atoms in total. The van der Waals surface area contributed by atoms with Gasteiger partial charge in [-0.3, -0.25) is 9.59 Å². The molecule has 1 saturated heterocycles. The molecule has 0 atom stereocenters. The third kappa shape index (κ3) is 4.02. The summed E-state index contributed by atoms with van der Waals surface area (Å²) in [6, 6.07) is 0.217. The predicted molar refractivity (Wildman–Crippen MR) is 107 cm³/mol.